The van der Waals surface area contributed by atoms with Crippen molar-refractivity contribution in [1.82, 2.24) is 4.98 Å². The lowest BCUT2D eigenvalue weighted by Crippen LogP contribution is -2.19. The summed E-state index contributed by atoms with van der Waals surface area (Å²) < 4.78 is 5.27. The molecule has 0 fully saturated rings. The minimum atomic E-state index is -0.804. The molecule has 0 aliphatic heterocycles. The van der Waals surface area contributed by atoms with Crippen molar-refractivity contribution in [2.45, 2.75) is 19.8 Å². The van der Waals surface area contributed by atoms with Gasteiger partial charge in [0.2, 0.25) is 0 Å². The van der Waals surface area contributed by atoms with Gasteiger partial charge in [-0.1, -0.05) is 18.2 Å². The van der Waals surface area contributed by atoms with Crippen LogP contribution >= 0.6 is 11.3 Å². The third kappa shape index (κ3) is 3.57. The summed E-state index contributed by atoms with van der Waals surface area (Å²) in [5.41, 5.74) is 1.75. The van der Waals surface area contributed by atoms with E-state index >= 15 is 0 Å². The molecule has 0 radical (unpaired) electrons. The molecule has 0 spiro atoms. The van der Waals surface area contributed by atoms with Crippen molar-refractivity contribution in [3.8, 4) is 5.75 Å². The number of thiazole rings is 1. The number of carboxylic acids is 1. The first-order valence-electron chi connectivity index (χ1n) is 6.36. The number of benzene rings is 1. The Morgan fingerprint density at radius 2 is 2.15 bits per heavy atom. The SMILES string of the molecule is COc1ccccc1CC(Cc1csc(C)n1)C(=O)O. The smallest absolute Gasteiger partial charge is 0.307 e. The highest BCUT2D eigenvalue weighted by Gasteiger charge is 2.21. The molecule has 0 aliphatic carbocycles. The van der Waals surface area contributed by atoms with E-state index in [9.17, 15) is 9.90 Å². The molecule has 1 heterocycles. The van der Waals surface area contributed by atoms with Crippen LogP contribution in [0.3, 0.4) is 0 Å². The number of hydrogen-bond acceptors (Lipinski definition) is 4. The first-order chi connectivity index (χ1) is 9.60. The average molecular weight is 291 g/mol. The van der Waals surface area contributed by atoms with E-state index in [0.717, 1.165) is 22.0 Å². The molecule has 5 heteroatoms. The van der Waals surface area contributed by atoms with Gasteiger partial charge >= 0.3 is 5.97 Å². The van der Waals surface area contributed by atoms with Gasteiger partial charge in [0.05, 0.1) is 23.7 Å². The molecular weight excluding hydrogens is 274 g/mol. The Morgan fingerprint density at radius 3 is 2.75 bits per heavy atom. The lowest BCUT2D eigenvalue weighted by molar-refractivity contribution is -0.141. The van der Waals surface area contributed by atoms with Gasteiger partial charge < -0.3 is 9.84 Å². The number of ether oxygens (including phenoxy) is 1. The molecule has 2 rings (SSSR count). The second-order valence-corrected chi connectivity index (χ2v) is 5.68. The van der Waals surface area contributed by atoms with Crippen LogP contribution in [0.25, 0.3) is 0 Å². The fourth-order valence-electron chi connectivity index (χ4n) is 2.14. The van der Waals surface area contributed by atoms with Gasteiger partial charge in [0.1, 0.15) is 5.75 Å². The summed E-state index contributed by atoms with van der Waals surface area (Å²) in [6.07, 6.45) is 0.883. The van der Waals surface area contributed by atoms with E-state index in [2.05, 4.69) is 4.98 Å². The zero-order valence-corrected chi connectivity index (χ0v) is 12.3. The summed E-state index contributed by atoms with van der Waals surface area (Å²) in [5.74, 6) is -0.567. The molecule has 0 bridgehead atoms. The Bertz CT molecular complexity index is 594. The van der Waals surface area contributed by atoms with Crippen molar-refractivity contribution in [3.05, 3.63) is 45.9 Å². The van der Waals surface area contributed by atoms with Crippen LogP contribution in [-0.2, 0) is 17.6 Å². The fourth-order valence-corrected chi connectivity index (χ4v) is 2.76. The highest BCUT2D eigenvalue weighted by molar-refractivity contribution is 7.09. The van der Waals surface area contributed by atoms with Crippen LogP contribution in [0.1, 0.15) is 16.3 Å². The Kier molecular flexibility index (Phi) is 4.74. The van der Waals surface area contributed by atoms with Crippen molar-refractivity contribution >= 4 is 17.3 Å². The van der Waals surface area contributed by atoms with E-state index in [1.807, 2.05) is 36.6 Å². The highest BCUT2D eigenvalue weighted by atomic mass is 32.1. The van der Waals surface area contributed by atoms with Gasteiger partial charge in [-0.05, 0) is 25.0 Å². The summed E-state index contributed by atoms with van der Waals surface area (Å²) >= 11 is 1.54. The van der Waals surface area contributed by atoms with Gasteiger partial charge in [-0.25, -0.2) is 4.98 Å². The molecule has 0 amide bonds. The van der Waals surface area contributed by atoms with Gasteiger partial charge in [-0.3, -0.25) is 4.79 Å². The summed E-state index contributed by atoms with van der Waals surface area (Å²) in [5, 5.41) is 12.3. The normalized spacial score (nSPS) is 12.1. The standard InChI is InChI=1S/C15H17NO3S/c1-10-16-13(9-20-10)8-12(15(17)18)7-11-5-3-4-6-14(11)19-2/h3-6,9,12H,7-8H2,1-2H3,(H,17,18). The number of rotatable bonds is 6. The molecule has 106 valence electrons. The molecular formula is C15H17NO3S. The zero-order valence-electron chi connectivity index (χ0n) is 11.5. The second-order valence-electron chi connectivity index (χ2n) is 4.61. The number of methoxy groups -OCH3 is 1. The highest BCUT2D eigenvalue weighted by Crippen LogP contribution is 2.23. The van der Waals surface area contributed by atoms with Gasteiger partial charge in [-0.15, -0.1) is 11.3 Å². The van der Waals surface area contributed by atoms with Crippen LogP contribution < -0.4 is 4.74 Å². The molecule has 20 heavy (non-hydrogen) atoms. The molecule has 1 N–H and O–H groups in total. The molecule has 2 aromatic rings. The van der Waals surface area contributed by atoms with Gasteiger partial charge in [0, 0.05) is 11.8 Å². The molecule has 1 unspecified atom stereocenters. The van der Waals surface area contributed by atoms with Crippen molar-refractivity contribution in [3.63, 3.8) is 0 Å². The minimum Gasteiger partial charge on any atom is -0.496 e. The maximum atomic E-state index is 11.4. The number of carbonyl (C=O) groups is 1. The van der Waals surface area contributed by atoms with Crippen molar-refractivity contribution in [2.24, 2.45) is 5.92 Å². The summed E-state index contributed by atoms with van der Waals surface area (Å²) in [6.45, 7) is 1.92. The van der Waals surface area contributed by atoms with E-state index in [4.69, 9.17) is 4.74 Å². The second kappa shape index (κ2) is 6.52. The molecule has 0 saturated heterocycles. The zero-order chi connectivity index (χ0) is 14.5. The first kappa shape index (κ1) is 14.5. The topological polar surface area (TPSA) is 59.4 Å². The van der Waals surface area contributed by atoms with Crippen LogP contribution in [0.4, 0.5) is 0 Å². The number of aromatic nitrogens is 1. The first-order valence-corrected chi connectivity index (χ1v) is 7.24. The number of aryl methyl sites for hydroxylation is 1. The van der Waals surface area contributed by atoms with Crippen molar-refractivity contribution in [2.75, 3.05) is 7.11 Å². The Balaban J connectivity index is 2.15. The Labute approximate surface area is 122 Å². The van der Waals surface area contributed by atoms with Crippen LogP contribution in [-0.4, -0.2) is 23.2 Å². The maximum absolute atomic E-state index is 11.4. The van der Waals surface area contributed by atoms with Gasteiger partial charge in [0.15, 0.2) is 0 Å². The minimum absolute atomic E-state index is 0.440. The van der Waals surface area contributed by atoms with Crippen LogP contribution in [0.5, 0.6) is 5.75 Å². The van der Waals surface area contributed by atoms with Gasteiger partial charge in [-0.2, -0.15) is 0 Å². The largest absolute Gasteiger partial charge is 0.496 e. The molecule has 1 atom stereocenters. The summed E-state index contributed by atoms with van der Waals surface area (Å²) in [7, 11) is 1.60. The number of hydrogen-bond donors (Lipinski definition) is 1. The molecule has 1 aromatic carbocycles. The number of nitrogens with zero attached hydrogens (tertiary/aromatic N) is 1. The lowest BCUT2D eigenvalue weighted by atomic mass is 9.94. The number of para-hydroxylation sites is 1. The fraction of sp³-hybridized carbons (Fsp3) is 0.333. The van der Waals surface area contributed by atoms with E-state index in [1.165, 1.54) is 0 Å². The van der Waals surface area contributed by atoms with E-state index in [1.54, 1.807) is 18.4 Å². The van der Waals surface area contributed by atoms with Crippen LogP contribution in [0, 0.1) is 12.8 Å². The van der Waals surface area contributed by atoms with E-state index < -0.39 is 11.9 Å². The molecule has 1 aromatic heterocycles. The summed E-state index contributed by atoms with van der Waals surface area (Å²) in [6, 6.07) is 7.52. The molecule has 4 nitrogen and oxygen atoms in total. The Morgan fingerprint density at radius 1 is 1.40 bits per heavy atom. The average Bonchev–Trinajstić information content (AvgIpc) is 2.84. The summed E-state index contributed by atoms with van der Waals surface area (Å²) in [4.78, 5) is 15.8. The van der Waals surface area contributed by atoms with E-state index in [-0.39, 0.29) is 0 Å². The van der Waals surface area contributed by atoms with Crippen LogP contribution in [0.2, 0.25) is 0 Å². The van der Waals surface area contributed by atoms with E-state index in [0.29, 0.717) is 12.8 Å². The maximum Gasteiger partial charge on any atom is 0.307 e. The number of carboxylic acid groups (broad SMARTS) is 1. The number of aliphatic carboxylic acids is 1. The quantitative estimate of drug-likeness (QED) is 0.889. The predicted octanol–water partition coefficient (Wildman–Crippen LogP) is 2.95. The Hall–Kier alpha value is -1.88. The third-order valence-electron chi connectivity index (χ3n) is 3.13. The third-order valence-corrected chi connectivity index (χ3v) is 3.95. The van der Waals surface area contributed by atoms with Crippen molar-refractivity contribution < 1.29 is 14.6 Å². The van der Waals surface area contributed by atoms with Gasteiger partial charge in [0.25, 0.3) is 0 Å². The van der Waals surface area contributed by atoms with Crippen LogP contribution in [0.15, 0.2) is 29.6 Å². The molecule has 0 aliphatic rings. The lowest BCUT2D eigenvalue weighted by Gasteiger charge is -2.13. The van der Waals surface area contributed by atoms with Crippen molar-refractivity contribution in [1.29, 1.82) is 0 Å². The monoisotopic (exact) mass is 291 g/mol. The molecule has 0 saturated carbocycles. The predicted molar refractivity (Wildman–Crippen MR) is 78.4 cm³/mol.